The number of hydrogen-bond donors (Lipinski definition) is 1. The van der Waals surface area contributed by atoms with Gasteiger partial charge in [0.2, 0.25) is 11.8 Å². The Morgan fingerprint density at radius 2 is 1.46 bits per heavy atom. The summed E-state index contributed by atoms with van der Waals surface area (Å²) in [7, 11) is -1.34. The van der Waals surface area contributed by atoms with Crippen LogP contribution in [-0.2, 0) is 19.6 Å². The lowest BCUT2D eigenvalue weighted by atomic mass is 10.2. The van der Waals surface area contributed by atoms with Gasteiger partial charge in [0.25, 0.3) is 10.0 Å². The zero-order valence-electron chi connectivity index (χ0n) is 18.8. The molecule has 0 unspecified atom stereocenters. The molecule has 3 aromatic carbocycles. The molecule has 0 bridgehead atoms. The van der Waals surface area contributed by atoms with Gasteiger partial charge < -0.3 is 14.2 Å². The summed E-state index contributed by atoms with van der Waals surface area (Å²) in [5, 5.41) is 0.277. The van der Waals surface area contributed by atoms with Crippen LogP contribution in [0.15, 0.2) is 65.6 Å². The van der Waals surface area contributed by atoms with Crippen molar-refractivity contribution in [3.63, 3.8) is 0 Å². The predicted octanol–water partition coefficient (Wildman–Crippen LogP) is 4.60. The van der Waals surface area contributed by atoms with E-state index in [-0.39, 0.29) is 45.6 Å². The Morgan fingerprint density at radius 1 is 0.829 bits per heavy atom. The van der Waals surface area contributed by atoms with Gasteiger partial charge >= 0.3 is 0 Å². The lowest BCUT2D eigenvalue weighted by Gasteiger charge is -2.19. The molecule has 0 atom stereocenters. The van der Waals surface area contributed by atoms with Gasteiger partial charge in [0.1, 0.15) is 5.75 Å². The van der Waals surface area contributed by atoms with Crippen LogP contribution in [0.3, 0.4) is 0 Å². The van der Waals surface area contributed by atoms with Crippen molar-refractivity contribution in [1.29, 1.82) is 0 Å². The van der Waals surface area contributed by atoms with Crippen LogP contribution in [0.5, 0.6) is 23.0 Å². The molecule has 0 spiro atoms. The van der Waals surface area contributed by atoms with Crippen molar-refractivity contribution in [2.45, 2.75) is 17.7 Å². The van der Waals surface area contributed by atoms with Crippen LogP contribution in [0.1, 0.15) is 12.8 Å². The Bertz CT molecular complexity index is 1390. The number of carbonyl (C=O) groups is 2. The predicted molar refractivity (Wildman–Crippen MR) is 130 cm³/mol. The second kappa shape index (κ2) is 9.85. The van der Waals surface area contributed by atoms with Gasteiger partial charge in [-0.25, -0.2) is 13.3 Å². The summed E-state index contributed by atoms with van der Waals surface area (Å²) >= 11 is 6.12. The maximum Gasteiger partial charge on any atom is 0.262 e. The molecule has 1 aliphatic rings. The largest absolute Gasteiger partial charge is 0.495 e. The van der Waals surface area contributed by atoms with E-state index in [1.54, 1.807) is 30.3 Å². The van der Waals surface area contributed by atoms with Gasteiger partial charge in [-0.3, -0.25) is 14.3 Å². The van der Waals surface area contributed by atoms with Crippen molar-refractivity contribution in [1.82, 2.24) is 0 Å². The van der Waals surface area contributed by atoms with Crippen LogP contribution >= 0.6 is 11.6 Å². The number of para-hydroxylation sites is 2. The average molecular weight is 517 g/mol. The molecule has 9 nitrogen and oxygen atoms in total. The van der Waals surface area contributed by atoms with Gasteiger partial charge in [0, 0.05) is 17.9 Å². The number of carbonyl (C=O) groups excluding carboxylic acids is 2. The van der Waals surface area contributed by atoms with Crippen molar-refractivity contribution >= 4 is 44.8 Å². The van der Waals surface area contributed by atoms with Gasteiger partial charge in [-0.15, -0.1) is 0 Å². The number of amides is 2. The Kier molecular flexibility index (Phi) is 6.86. The summed E-state index contributed by atoms with van der Waals surface area (Å²) in [6, 6.07) is 15.3. The van der Waals surface area contributed by atoms with Gasteiger partial charge in [-0.1, -0.05) is 23.7 Å². The third kappa shape index (κ3) is 5.03. The van der Waals surface area contributed by atoms with E-state index in [0.717, 1.165) is 4.90 Å². The highest BCUT2D eigenvalue weighted by molar-refractivity contribution is 7.92. The minimum absolute atomic E-state index is 0.0450. The first-order chi connectivity index (χ1) is 16.7. The molecule has 1 aliphatic heterocycles. The molecule has 1 N–H and O–H groups in total. The molecule has 0 aromatic heterocycles. The summed E-state index contributed by atoms with van der Waals surface area (Å²) in [5.74, 6) is 0.333. The number of rotatable bonds is 8. The monoisotopic (exact) mass is 516 g/mol. The Labute approximate surface area is 207 Å². The maximum atomic E-state index is 13.3. The topological polar surface area (TPSA) is 111 Å². The summed E-state index contributed by atoms with van der Waals surface area (Å²) in [6.45, 7) is 0. The number of imide groups is 1. The summed E-state index contributed by atoms with van der Waals surface area (Å²) in [5.41, 5.74) is 0.133. The number of benzene rings is 3. The molecule has 0 saturated carbocycles. The van der Waals surface area contributed by atoms with Gasteiger partial charge in [0.05, 0.1) is 30.5 Å². The molecule has 1 heterocycles. The molecular weight excluding hydrogens is 496 g/mol. The van der Waals surface area contributed by atoms with Crippen molar-refractivity contribution in [2.75, 3.05) is 23.8 Å². The molecule has 0 radical (unpaired) electrons. The summed E-state index contributed by atoms with van der Waals surface area (Å²) in [4.78, 5) is 25.3. The van der Waals surface area contributed by atoms with Crippen LogP contribution in [0, 0.1) is 0 Å². The van der Waals surface area contributed by atoms with E-state index in [1.807, 2.05) is 0 Å². The zero-order valence-corrected chi connectivity index (χ0v) is 20.4. The highest BCUT2D eigenvalue weighted by Crippen LogP contribution is 2.38. The maximum absolute atomic E-state index is 13.3. The first-order valence-corrected chi connectivity index (χ1v) is 12.3. The van der Waals surface area contributed by atoms with Crippen LogP contribution in [-0.4, -0.2) is 34.5 Å². The third-order valence-corrected chi connectivity index (χ3v) is 6.83. The standard InChI is InChI=1S/C24H21ClN2O7S/c1-32-20-10-8-16(14-18(20)27-23(28)11-12-24(27)29)35(30,31)26-17-13-15(25)7-9-19(17)34-22-6-4-3-5-21(22)33-2/h3-10,13-14,26H,11-12H2,1-2H3. The lowest BCUT2D eigenvalue weighted by Crippen LogP contribution is -2.29. The molecule has 35 heavy (non-hydrogen) atoms. The molecule has 0 aliphatic carbocycles. The second-order valence-corrected chi connectivity index (χ2v) is 9.57. The number of nitrogens with zero attached hydrogens (tertiary/aromatic N) is 1. The fourth-order valence-electron chi connectivity index (χ4n) is 3.55. The van der Waals surface area contributed by atoms with Crippen LogP contribution in [0.2, 0.25) is 5.02 Å². The molecular formula is C24H21ClN2O7S. The van der Waals surface area contributed by atoms with Gasteiger partial charge in [0.15, 0.2) is 17.2 Å². The Hall–Kier alpha value is -3.76. The minimum Gasteiger partial charge on any atom is -0.495 e. The number of halogens is 1. The SMILES string of the molecule is COc1ccccc1Oc1ccc(Cl)cc1NS(=O)(=O)c1ccc(OC)c(N2C(=O)CCC2=O)c1. The van der Waals surface area contributed by atoms with E-state index in [1.165, 1.54) is 44.6 Å². The number of anilines is 2. The van der Waals surface area contributed by atoms with Crippen molar-refractivity contribution in [3.05, 3.63) is 65.7 Å². The lowest BCUT2D eigenvalue weighted by molar-refractivity contribution is -0.121. The quantitative estimate of drug-likeness (QED) is 0.435. The average Bonchev–Trinajstić information content (AvgIpc) is 3.18. The van der Waals surface area contributed by atoms with Crippen molar-refractivity contribution in [3.8, 4) is 23.0 Å². The Morgan fingerprint density at radius 3 is 2.11 bits per heavy atom. The van der Waals surface area contributed by atoms with E-state index >= 15 is 0 Å². The molecule has 11 heteroatoms. The van der Waals surface area contributed by atoms with Gasteiger partial charge in [-0.2, -0.15) is 0 Å². The Balaban J connectivity index is 1.71. The number of ether oxygens (including phenoxy) is 3. The highest BCUT2D eigenvalue weighted by Gasteiger charge is 2.33. The van der Waals surface area contributed by atoms with Crippen molar-refractivity contribution < 1.29 is 32.2 Å². The third-order valence-electron chi connectivity index (χ3n) is 5.23. The minimum atomic E-state index is -4.20. The van der Waals surface area contributed by atoms with Gasteiger partial charge in [-0.05, 0) is 48.5 Å². The van der Waals surface area contributed by atoms with Crippen LogP contribution in [0.4, 0.5) is 11.4 Å². The fraction of sp³-hybridized carbons (Fsp3) is 0.167. The molecule has 3 aromatic rings. The molecule has 182 valence electrons. The normalized spacial score (nSPS) is 13.6. The summed E-state index contributed by atoms with van der Waals surface area (Å²) in [6.07, 6.45) is 0.0900. The van der Waals surface area contributed by atoms with E-state index < -0.39 is 21.8 Å². The first kappa shape index (κ1) is 24.4. The van der Waals surface area contributed by atoms with E-state index in [9.17, 15) is 18.0 Å². The van der Waals surface area contributed by atoms with Crippen LogP contribution in [0.25, 0.3) is 0 Å². The van der Waals surface area contributed by atoms with Crippen LogP contribution < -0.4 is 23.8 Å². The van der Waals surface area contributed by atoms with E-state index in [2.05, 4.69) is 4.72 Å². The van der Waals surface area contributed by atoms with Crippen molar-refractivity contribution in [2.24, 2.45) is 0 Å². The molecule has 1 fully saturated rings. The first-order valence-electron chi connectivity index (χ1n) is 10.4. The fourth-order valence-corrected chi connectivity index (χ4v) is 4.81. The summed E-state index contributed by atoms with van der Waals surface area (Å²) < 4.78 is 45.5. The second-order valence-electron chi connectivity index (χ2n) is 7.46. The number of sulfonamides is 1. The molecule has 4 rings (SSSR count). The number of methoxy groups -OCH3 is 2. The molecule has 2 amide bonds. The van der Waals surface area contributed by atoms with E-state index in [4.69, 9.17) is 25.8 Å². The number of hydrogen-bond acceptors (Lipinski definition) is 7. The zero-order chi connectivity index (χ0) is 25.2. The highest BCUT2D eigenvalue weighted by atomic mass is 35.5. The van der Waals surface area contributed by atoms with E-state index in [0.29, 0.717) is 11.5 Å². The number of nitrogens with one attached hydrogen (secondary N) is 1. The smallest absolute Gasteiger partial charge is 0.262 e. The molecule has 1 saturated heterocycles.